The number of nitrogens with one attached hydrogen (secondary N) is 2. The van der Waals surface area contributed by atoms with Crippen LogP contribution in [0.5, 0.6) is 5.75 Å². The molecule has 1 aromatic heterocycles. The molecule has 25 heavy (non-hydrogen) atoms. The SMILES string of the molecule is CN=C(NCc1cc(Cl)ccc1OC(F)F)NCc1nnc(C)n1C. The van der Waals surface area contributed by atoms with Gasteiger partial charge in [0.25, 0.3) is 0 Å². The highest BCUT2D eigenvalue weighted by Crippen LogP contribution is 2.24. The highest BCUT2D eigenvalue weighted by Gasteiger charge is 2.11. The zero-order valence-electron chi connectivity index (χ0n) is 14.1. The summed E-state index contributed by atoms with van der Waals surface area (Å²) in [5.74, 6) is 2.08. The minimum Gasteiger partial charge on any atom is -0.434 e. The summed E-state index contributed by atoms with van der Waals surface area (Å²) in [6, 6.07) is 4.46. The van der Waals surface area contributed by atoms with Gasteiger partial charge in [-0.25, -0.2) is 0 Å². The van der Waals surface area contributed by atoms with Crippen LogP contribution in [0.25, 0.3) is 0 Å². The molecule has 0 aliphatic heterocycles. The molecular formula is C15H19ClF2N6O. The van der Waals surface area contributed by atoms with E-state index in [-0.39, 0.29) is 12.3 Å². The van der Waals surface area contributed by atoms with Crippen LogP contribution in [0, 0.1) is 6.92 Å². The van der Waals surface area contributed by atoms with Crippen LogP contribution in [0.4, 0.5) is 8.78 Å². The maximum atomic E-state index is 12.5. The number of benzene rings is 1. The molecule has 0 saturated heterocycles. The Kier molecular flexibility index (Phi) is 6.51. The molecule has 2 rings (SSSR count). The first-order valence-electron chi connectivity index (χ1n) is 7.43. The summed E-state index contributed by atoms with van der Waals surface area (Å²) in [5, 5.41) is 14.5. The molecule has 0 atom stereocenters. The van der Waals surface area contributed by atoms with Gasteiger partial charge < -0.3 is 19.9 Å². The third-order valence-corrected chi connectivity index (χ3v) is 3.74. The Balaban J connectivity index is 1.98. The van der Waals surface area contributed by atoms with Crippen molar-refractivity contribution in [2.45, 2.75) is 26.6 Å². The molecule has 2 N–H and O–H groups in total. The lowest BCUT2D eigenvalue weighted by Crippen LogP contribution is -2.37. The lowest BCUT2D eigenvalue weighted by Gasteiger charge is -2.14. The predicted molar refractivity (Wildman–Crippen MR) is 90.9 cm³/mol. The van der Waals surface area contributed by atoms with E-state index in [2.05, 4.69) is 30.6 Å². The van der Waals surface area contributed by atoms with E-state index in [0.717, 1.165) is 11.6 Å². The van der Waals surface area contributed by atoms with Crippen LogP contribution in [0.15, 0.2) is 23.2 Å². The third-order valence-electron chi connectivity index (χ3n) is 3.51. The number of alkyl halides is 2. The highest BCUT2D eigenvalue weighted by atomic mass is 35.5. The van der Waals surface area contributed by atoms with Gasteiger partial charge in [0, 0.05) is 31.2 Å². The van der Waals surface area contributed by atoms with Crippen molar-refractivity contribution in [3.63, 3.8) is 0 Å². The molecule has 10 heteroatoms. The van der Waals surface area contributed by atoms with Gasteiger partial charge in [-0.05, 0) is 25.1 Å². The average molecular weight is 373 g/mol. The van der Waals surface area contributed by atoms with Crippen molar-refractivity contribution in [2.75, 3.05) is 7.05 Å². The minimum atomic E-state index is -2.91. The fourth-order valence-corrected chi connectivity index (χ4v) is 2.26. The molecule has 0 saturated carbocycles. The highest BCUT2D eigenvalue weighted by molar-refractivity contribution is 6.30. The molecule has 0 aliphatic carbocycles. The lowest BCUT2D eigenvalue weighted by atomic mass is 10.2. The van der Waals surface area contributed by atoms with E-state index in [1.165, 1.54) is 12.1 Å². The normalized spacial score (nSPS) is 11.7. The molecule has 136 valence electrons. The van der Waals surface area contributed by atoms with E-state index in [9.17, 15) is 8.78 Å². The van der Waals surface area contributed by atoms with Crippen molar-refractivity contribution in [3.05, 3.63) is 40.4 Å². The molecule has 0 aliphatic rings. The van der Waals surface area contributed by atoms with E-state index in [1.54, 1.807) is 13.1 Å². The summed E-state index contributed by atoms with van der Waals surface area (Å²) in [7, 11) is 3.47. The van der Waals surface area contributed by atoms with Crippen molar-refractivity contribution < 1.29 is 13.5 Å². The summed E-state index contributed by atoms with van der Waals surface area (Å²) in [5.41, 5.74) is 0.491. The molecule has 0 fully saturated rings. The predicted octanol–water partition coefficient (Wildman–Crippen LogP) is 2.24. The van der Waals surface area contributed by atoms with Gasteiger partial charge in [0.1, 0.15) is 11.6 Å². The number of aliphatic imine (C=N–C) groups is 1. The molecule has 0 radical (unpaired) electrons. The van der Waals surface area contributed by atoms with E-state index < -0.39 is 6.61 Å². The van der Waals surface area contributed by atoms with Gasteiger partial charge in [-0.2, -0.15) is 8.78 Å². The molecule has 0 bridgehead atoms. The average Bonchev–Trinajstić information content (AvgIpc) is 2.89. The van der Waals surface area contributed by atoms with E-state index in [4.69, 9.17) is 11.6 Å². The molecule has 0 unspecified atom stereocenters. The van der Waals surface area contributed by atoms with Crippen LogP contribution >= 0.6 is 11.6 Å². The smallest absolute Gasteiger partial charge is 0.387 e. The topological polar surface area (TPSA) is 76.4 Å². The second-order valence-electron chi connectivity index (χ2n) is 5.13. The number of halogens is 3. The number of ether oxygens (including phenoxy) is 1. The van der Waals surface area contributed by atoms with Crippen LogP contribution in [0.2, 0.25) is 5.02 Å². The monoisotopic (exact) mass is 372 g/mol. The first-order valence-corrected chi connectivity index (χ1v) is 7.81. The Hall–Kier alpha value is -2.42. The number of rotatable bonds is 6. The Morgan fingerprint density at radius 2 is 2.04 bits per heavy atom. The Labute approximate surface area is 149 Å². The number of aryl methyl sites for hydroxylation is 1. The maximum Gasteiger partial charge on any atom is 0.387 e. The van der Waals surface area contributed by atoms with Crippen LogP contribution in [0.3, 0.4) is 0 Å². The van der Waals surface area contributed by atoms with Crippen LogP contribution < -0.4 is 15.4 Å². The van der Waals surface area contributed by atoms with Crippen LogP contribution in [-0.2, 0) is 20.1 Å². The molecule has 0 amide bonds. The number of hydrogen-bond donors (Lipinski definition) is 2. The Morgan fingerprint density at radius 3 is 2.64 bits per heavy atom. The zero-order chi connectivity index (χ0) is 18.4. The number of aromatic nitrogens is 3. The summed E-state index contributed by atoms with van der Waals surface area (Å²) in [4.78, 5) is 4.08. The van der Waals surface area contributed by atoms with Crippen LogP contribution in [-0.4, -0.2) is 34.4 Å². The summed E-state index contributed by atoms with van der Waals surface area (Å²) >= 11 is 5.93. The van der Waals surface area contributed by atoms with Crippen molar-refractivity contribution >= 4 is 17.6 Å². The molecule has 1 heterocycles. The summed E-state index contributed by atoms with van der Waals surface area (Å²) in [6.45, 7) is -0.433. The van der Waals surface area contributed by atoms with Crippen molar-refractivity contribution in [1.82, 2.24) is 25.4 Å². The van der Waals surface area contributed by atoms with Crippen molar-refractivity contribution in [2.24, 2.45) is 12.0 Å². The first kappa shape index (κ1) is 18.9. The largest absolute Gasteiger partial charge is 0.434 e. The van der Waals surface area contributed by atoms with Gasteiger partial charge in [0.2, 0.25) is 0 Å². The molecule has 0 spiro atoms. The second kappa shape index (κ2) is 8.61. The fourth-order valence-electron chi connectivity index (χ4n) is 2.06. The summed E-state index contributed by atoms with van der Waals surface area (Å²) < 4.78 is 31.3. The van der Waals surface area contributed by atoms with Gasteiger partial charge >= 0.3 is 6.61 Å². The molecule has 7 nitrogen and oxygen atoms in total. The van der Waals surface area contributed by atoms with Gasteiger partial charge in [-0.15, -0.1) is 10.2 Å². The first-order chi connectivity index (χ1) is 11.9. The Bertz CT molecular complexity index is 750. The maximum absolute atomic E-state index is 12.5. The summed E-state index contributed by atoms with van der Waals surface area (Å²) in [6.07, 6.45) is 0. The molecule has 2 aromatic rings. The van der Waals surface area contributed by atoms with Gasteiger partial charge in [0.05, 0.1) is 6.54 Å². The van der Waals surface area contributed by atoms with E-state index >= 15 is 0 Å². The third kappa shape index (κ3) is 5.28. The Morgan fingerprint density at radius 1 is 1.32 bits per heavy atom. The van der Waals surface area contributed by atoms with Crippen molar-refractivity contribution in [1.29, 1.82) is 0 Å². The minimum absolute atomic E-state index is 0.0614. The van der Waals surface area contributed by atoms with Crippen molar-refractivity contribution in [3.8, 4) is 5.75 Å². The van der Waals surface area contributed by atoms with E-state index in [1.807, 2.05) is 18.5 Å². The van der Waals surface area contributed by atoms with Gasteiger partial charge in [-0.1, -0.05) is 11.6 Å². The fraction of sp³-hybridized carbons (Fsp3) is 0.400. The van der Waals surface area contributed by atoms with Crippen LogP contribution in [0.1, 0.15) is 17.2 Å². The number of hydrogen-bond acceptors (Lipinski definition) is 4. The van der Waals surface area contributed by atoms with Gasteiger partial charge in [0.15, 0.2) is 11.8 Å². The molecular weight excluding hydrogens is 354 g/mol. The lowest BCUT2D eigenvalue weighted by molar-refractivity contribution is -0.0504. The molecule has 1 aromatic carbocycles. The zero-order valence-corrected chi connectivity index (χ0v) is 14.8. The quantitative estimate of drug-likeness (QED) is 0.600. The number of guanidine groups is 1. The number of nitrogens with zero attached hydrogens (tertiary/aromatic N) is 4. The van der Waals surface area contributed by atoms with Gasteiger partial charge in [-0.3, -0.25) is 4.99 Å². The second-order valence-corrected chi connectivity index (χ2v) is 5.57. The standard InChI is InChI=1S/C15H19ClF2N6O/c1-9-22-23-13(24(9)3)8-21-15(19-2)20-7-10-6-11(16)4-5-12(10)25-14(17)18/h4-6,14H,7-8H2,1-3H3,(H2,19,20,21). The van der Waals surface area contributed by atoms with E-state index in [0.29, 0.717) is 23.1 Å².